The molecule has 0 fully saturated rings. The van der Waals surface area contributed by atoms with Gasteiger partial charge < -0.3 is 15.0 Å². The van der Waals surface area contributed by atoms with Gasteiger partial charge in [-0.3, -0.25) is 9.89 Å². The number of nitrogens with one attached hydrogen (secondary N) is 3. The van der Waals surface area contributed by atoms with Crippen LogP contribution in [0.5, 0.6) is 5.75 Å². The van der Waals surface area contributed by atoms with Crippen LogP contribution in [0.4, 0.5) is 0 Å². The molecule has 0 aliphatic heterocycles. The molecule has 6 heteroatoms. The van der Waals surface area contributed by atoms with E-state index in [-0.39, 0.29) is 5.91 Å². The second kappa shape index (κ2) is 5.93. The Balaban J connectivity index is 2.06. The standard InChI is InChI=1S/C16H18N4O2/c1-10(21)17-6-5-13-14-7-12(22-2)3-4-15(14)20-16(13)11-8-18-19-9-11/h3-4,7-9,20H,5-6H2,1-2H3,(H,17,21)(H,18,19). The molecule has 114 valence electrons. The minimum Gasteiger partial charge on any atom is -0.497 e. The predicted octanol–water partition coefficient (Wildman–Crippen LogP) is 2.25. The lowest BCUT2D eigenvalue weighted by Gasteiger charge is -2.05. The highest BCUT2D eigenvalue weighted by atomic mass is 16.5. The van der Waals surface area contributed by atoms with Crippen LogP contribution in [0.1, 0.15) is 12.5 Å². The molecule has 6 nitrogen and oxygen atoms in total. The van der Waals surface area contributed by atoms with Crippen LogP contribution < -0.4 is 10.1 Å². The van der Waals surface area contributed by atoms with Crippen molar-refractivity contribution in [1.29, 1.82) is 0 Å². The topological polar surface area (TPSA) is 82.8 Å². The second-order valence-electron chi connectivity index (χ2n) is 5.11. The molecule has 0 saturated carbocycles. The molecule has 0 aliphatic rings. The molecule has 0 saturated heterocycles. The number of nitrogens with zero attached hydrogens (tertiary/aromatic N) is 1. The van der Waals surface area contributed by atoms with Gasteiger partial charge in [-0.2, -0.15) is 5.10 Å². The summed E-state index contributed by atoms with van der Waals surface area (Å²) in [4.78, 5) is 14.5. The molecule has 0 atom stereocenters. The number of rotatable bonds is 5. The fraction of sp³-hybridized carbons (Fsp3) is 0.250. The molecule has 22 heavy (non-hydrogen) atoms. The number of H-pyrrole nitrogens is 2. The Labute approximate surface area is 127 Å². The Morgan fingerprint density at radius 3 is 2.95 bits per heavy atom. The van der Waals surface area contributed by atoms with E-state index >= 15 is 0 Å². The summed E-state index contributed by atoms with van der Waals surface area (Å²) in [5, 5.41) is 10.8. The lowest BCUT2D eigenvalue weighted by Crippen LogP contribution is -2.22. The molecule has 3 aromatic rings. The number of benzene rings is 1. The van der Waals surface area contributed by atoms with Crippen LogP contribution in [0.3, 0.4) is 0 Å². The number of fused-ring (bicyclic) bond motifs is 1. The molecular formula is C16H18N4O2. The number of amides is 1. The van der Waals surface area contributed by atoms with Crippen molar-refractivity contribution in [3.8, 4) is 17.0 Å². The van der Waals surface area contributed by atoms with Crippen molar-refractivity contribution in [2.24, 2.45) is 0 Å². The largest absolute Gasteiger partial charge is 0.497 e. The van der Waals surface area contributed by atoms with Crippen LogP contribution >= 0.6 is 0 Å². The summed E-state index contributed by atoms with van der Waals surface area (Å²) in [6, 6.07) is 5.94. The summed E-state index contributed by atoms with van der Waals surface area (Å²) in [5.74, 6) is 0.785. The van der Waals surface area contributed by atoms with Crippen LogP contribution in [-0.4, -0.2) is 34.7 Å². The summed E-state index contributed by atoms with van der Waals surface area (Å²) in [5.41, 5.74) is 4.19. The Bertz CT molecular complexity index is 790. The molecule has 3 N–H and O–H groups in total. The second-order valence-corrected chi connectivity index (χ2v) is 5.11. The molecule has 1 amide bonds. The molecule has 0 spiro atoms. The summed E-state index contributed by atoms with van der Waals surface area (Å²) in [6.07, 6.45) is 4.36. The molecule has 1 aromatic carbocycles. The molecule has 0 aliphatic carbocycles. The van der Waals surface area contributed by atoms with Crippen molar-refractivity contribution in [2.75, 3.05) is 13.7 Å². The van der Waals surface area contributed by atoms with Gasteiger partial charge in [0.25, 0.3) is 0 Å². The molecule has 2 heterocycles. The van der Waals surface area contributed by atoms with Gasteiger partial charge in [0.05, 0.1) is 19.0 Å². The van der Waals surface area contributed by atoms with Crippen molar-refractivity contribution in [3.63, 3.8) is 0 Å². The van der Waals surface area contributed by atoms with Crippen LogP contribution in [0, 0.1) is 0 Å². The monoisotopic (exact) mass is 298 g/mol. The maximum absolute atomic E-state index is 11.1. The molecule has 0 unspecified atom stereocenters. The maximum Gasteiger partial charge on any atom is 0.216 e. The van der Waals surface area contributed by atoms with Crippen LogP contribution in [0.15, 0.2) is 30.6 Å². The smallest absolute Gasteiger partial charge is 0.216 e. The van der Waals surface area contributed by atoms with Gasteiger partial charge in [0, 0.05) is 36.1 Å². The first kappa shape index (κ1) is 14.2. The number of ether oxygens (including phenoxy) is 1. The third-order valence-corrected chi connectivity index (χ3v) is 3.65. The van der Waals surface area contributed by atoms with E-state index in [9.17, 15) is 4.79 Å². The highest BCUT2D eigenvalue weighted by molar-refractivity contribution is 5.91. The van der Waals surface area contributed by atoms with Gasteiger partial charge in [0.15, 0.2) is 0 Å². The summed E-state index contributed by atoms with van der Waals surface area (Å²) >= 11 is 0. The first-order valence-electron chi connectivity index (χ1n) is 7.11. The van der Waals surface area contributed by atoms with Crippen molar-refractivity contribution < 1.29 is 9.53 Å². The van der Waals surface area contributed by atoms with E-state index in [0.717, 1.165) is 39.9 Å². The van der Waals surface area contributed by atoms with Crippen molar-refractivity contribution in [3.05, 3.63) is 36.2 Å². The Morgan fingerprint density at radius 2 is 2.27 bits per heavy atom. The number of aromatic nitrogens is 3. The lowest BCUT2D eigenvalue weighted by atomic mass is 10.0. The highest BCUT2D eigenvalue weighted by Gasteiger charge is 2.14. The predicted molar refractivity (Wildman–Crippen MR) is 84.8 cm³/mol. The highest BCUT2D eigenvalue weighted by Crippen LogP contribution is 2.32. The first-order chi connectivity index (χ1) is 10.7. The average Bonchev–Trinajstić information content (AvgIpc) is 3.14. The van der Waals surface area contributed by atoms with Crippen molar-refractivity contribution in [1.82, 2.24) is 20.5 Å². The minimum absolute atomic E-state index is 0.0257. The summed E-state index contributed by atoms with van der Waals surface area (Å²) < 4.78 is 5.32. The van der Waals surface area contributed by atoms with E-state index in [0.29, 0.717) is 6.54 Å². The molecule has 0 radical (unpaired) electrons. The Morgan fingerprint density at radius 1 is 1.41 bits per heavy atom. The number of methoxy groups -OCH3 is 1. The zero-order valence-corrected chi connectivity index (χ0v) is 12.6. The van der Waals surface area contributed by atoms with Crippen LogP contribution in [0.25, 0.3) is 22.2 Å². The van der Waals surface area contributed by atoms with E-state index in [2.05, 4.69) is 20.5 Å². The van der Waals surface area contributed by atoms with Gasteiger partial charge in [-0.15, -0.1) is 0 Å². The Kier molecular flexibility index (Phi) is 3.82. The average molecular weight is 298 g/mol. The van der Waals surface area contributed by atoms with Gasteiger partial charge in [-0.05, 0) is 30.2 Å². The van der Waals surface area contributed by atoms with Gasteiger partial charge in [-0.1, -0.05) is 0 Å². The molecule has 3 rings (SSSR count). The van der Waals surface area contributed by atoms with Gasteiger partial charge in [0.1, 0.15) is 5.75 Å². The minimum atomic E-state index is -0.0257. The zero-order chi connectivity index (χ0) is 15.5. The summed E-state index contributed by atoms with van der Waals surface area (Å²) in [7, 11) is 1.65. The van der Waals surface area contributed by atoms with Gasteiger partial charge in [-0.25, -0.2) is 0 Å². The maximum atomic E-state index is 11.1. The first-order valence-corrected chi connectivity index (χ1v) is 7.11. The third kappa shape index (κ3) is 2.67. The summed E-state index contributed by atoms with van der Waals surface area (Å²) in [6.45, 7) is 2.11. The fourth-order valence-electron chi connectivity index (χ4n) is 2.61. The zero-order valence-electron chi connectivity index (χ0n) is 12.6. The van der Waals surface area contributed by atoms with Crippen LogP contribution in [0.2, 0.25) is 0 Å². The van der Waals surface area contributed by atoms with E-state index < -0.39 is 0 Å². The molecular weight excluding hydrogens is 280 g/mol. The quantitative estimate of drug-likeness (QED) is 0.675. The number of carbonyl (C=O) groups excluding carboxylic acids is 1. The third-order valence-electron chi connectivity index (χ3n) is 3.65. The van der Waals surface area contributed by atoms with E-state index in [1.54, 1.807) is 13.3 Å². The van der Waals surface area contributed by atoms with Crippen LogP contribution in [-0.2, 0) is 11.2 Å². The van der Waals surface area contributed by atoms with Crippen molar-refractivity contribution >= 4 is 16.8 Å². The lowest BCUT2D eigenvalue weighted by molar-refractivity contribution is -0.118. The normalized spacial score (nSPS) is 10.8. The molecule has 2 aromatic heterocycles. The van der Waals surface area contributed by atoms with Gasteiger partial charge >= 0.3 is 0 Å². The fourth-order valence-corrected chi connectivity index (χ4v) is 2.61. The SMILES string of the molecule is COc1ccc2[nH]c(-c3cn[nH]c3)c(CCNC(C)=O)c2c1. The number of hydrogen-bond acceptors (Lipinski definition) is 3. The number of carbonyl (C=O) groups is 1. The van der Waals surface area contributed by atoms with E-state index in [1.165, 1.54) is 6.92 Å². The number of aromatic amines is 2. The van der Waals surface area contributed by atoms with E-state index in [4.69, 9.17) is 4.74 Å². The van der Waals surface area contributed by atoms with E-state index in [1.807, 2.05) is 24.4 Å². The Hall–Kier alpha value is -2.76. The number of hydrogen-bond donors (Lipinski definition) is 3. The molecule has 0 bridgehead atoms. The van der Waals surface area contributed by atoms with Crippen molar-refractivity contribution in [2.45, 2.75) is 13.3 Å². The van der Waals surface area contributed by atoms with Gasteiger partial charge in [0.2, 0.25) is 5.91 Å².